The number of hydrogen-bond donors (Lipinski definition) is 1. The van der Waals surface area contributed by atoms with Gasteiger partial charge < -0.3 is 10.2 Å². The van der Waals surface area contributed by atoms with Crippen LogP contribution in [0.4, 0.5) is 4.39 Å². The van der Waals surface area contributed by atoms with Gasteiger partial charge in [0.1, 0.15) is 11.7 Å². The molecule has 1 N–H and O–H groups in total. The summed E-state index contributed by atoms with van der Waals surface area (Å²) in [6.07, 6.45) is 0. The van der Waals surface area contributed by atoms with Crippen molar-refractivity contribution >= 4 is 28.9 Å². The molecule has 1 aliphatic heterocycles. The van der Waals surface area contributed by atoms with Gasteiger partial charge in [-0.15, -0.1) is 0 Å². The van der Waals surface area contributed by atoms with Gasteiger partial charge in [0.05, 0.1) is 6.04 Å². The molecule has 0 bridgehead atoms. The molecule has 1 aliphatic rings. The zero-order chi connectivity index (χ0) is 16.3. The van der Waals surface area contributed by atoms with Crippen molar-refractivity contribution < 1.29 is 9.18 Å². The van der Waals surface area contributed by atoms with Gasteiger partial charge in [-0.05, 0) is 39.1 Å². The molecule has 0 aliphatic carbocycles. The van der Waals surface area contributed by atoms with E-state index < -0.39 is 12.0 Å². The minimum atomic E-state index is -0.552. The molecule has 2 atom stereocenters. The maximum absolute atomic E-state index is 14.2. The number of halogens is 1. The van der Waals surface area contributed by atoms with Crippen LogP contribution in [-0.4, -0.2) is 34.7 Å². The molecule has 0 radical (unpaired) electrons. The Labute approximate surface area is 135 Å². The predicted octanol–water partition coefficient (Wildman–Crippen LogP) is 2.70. The van der Waals surface area contributed by atoms with Crippen molar-refractivity contribution in [3.05, 3.63) is 35.6 Å². The van der Waals surface area contributed by atoms with Crippen molar-refractivity contribution in [1.29, 1.82) is 0 Å². The van der Waals surface area contributed by atoms with E-state index in [4.69, 9.17) is 12.2 Å². The lowest BCUT2D eigenvalue weighted by Gasteiger charge is -2.34. The largest absolute Gasteiger partial charge is 0.353 e. The fourth-order valence-electron chi connectivity index (χ4n) is 2.76. The van der Waals surface area contributed by atoms with Crippen molar-refractivity contribution in [1.82, 2.24) is 10.2 Å². The Morgan fingerprint density at radius 3 is 2.59 bits per heavy atom. The van der Waals surface area contributed by atoms with E-state index in [9.17, 15) is 9.18 Å². The van der Waals surface area contributed by atoms with Gasteiger partial charge >= 0.3 is 0 Å². The molecule has 0 spiro atoms. The molecule has 4 nitrogen and oxygen atoms in total. The Bertz CT molecular complexity index is 613. The number of aliphatic imine (C=N–C) groups is 1. The van der Waals surface area contributed by atoms with E-state index in [1.54, 1.807) is 30.0 Å². The van der Waals surface area contributed by atoms with Crippen molar-refractivity contribution in [2.45, 2.75) is 26.8 Å². The van der Waals surface area contributed by atoms with E-state index >= 15 is 0 Å². The summed E-state index contributed by atoms with van der Waals surface area (Å²) >= 11 is 5.12. The van der Waals surface area contributed by atoms with Crippen LogP contribution in [0.1, 0.15) is 32.4 Å². The van der Waals surface area contributed by atoms with Gasteiger partial charge in [-0.25, -0.2) is 9.38 Å². The Hall–Kier alpha value is -1.82. The van der Waals surface area contributed by atoms with Crippen LogP contribution in [0.5, 0.6) is 0 Å². The van der Waals surface area contributed by atoms with Crippen molar-refractivity contribution in [3.63, 3.8) is 0 Å². The van der Waals surface area contributed by atoms with E-state index in [1.165, 1.54) is 6.07 Å². The molecule has 0 saturated carbocycles. The molecule has 2 unspecified atom stereocenters. The first-order valence-electron chi connectivity index (χ1n) is 7.38. The van der Waals surface area contributed by atoms with Crippen LogP contribution >= 0.6 is 12.2 Å². The van der Waals surface area contributed by atoms with Crippen LogP contribution in [0.2, 0.25) is 0 Å². The van der Waals surface area contributed by atoms with Crippen LogP contribution in [0.25, 0.3) is 0 Å². The summed E-state index contributed by atoms with van der Waals surface area (Å²) in [6.45, 7) is 6.83. The predicted molar refractivity (Wildman–Crippen MR) is 89.4 cm³/mol. The highest BCUT2D eigenvalue weighted by Gasteiger charge is 2.38. The SMILES string of the molecule is CCN(CC)C(=O)C1C(C)=NC(=S)NC1c1ccccc1F. The Balaban J connectivity index is 2.46. The molecular weight excluding hydrogens is 301 g/mol. The van der Waals surface area contributed by atoms with Crippen LogP contribution in [0.3, 0.4) is 0 Å². The second-order valence-electron chi connectivity index (χ2n) is 5.19. The first-order valence-corrected chi connectivity index (χ1v) is 7.79. The summed E-state index contributed by atoms with van der Waals surface area (Å²) in [6, 6.07) is 5.92. The third-order valence-electron chi connectivity index (χ3n) is 3.92. The van der Waals surface area contributed by atoms with Crippen LogP contribution in [0.15, 0.2) is 29.3 Å². The van der Waals surface area contributed by atoms with E-state index in [0.29, 0.717) is 24.4 Å². The van der Waals surface area contributed by atoms with Gasteiger partial charge in [0, 0.05) is 24.4 Å². The zero-order valence-electron chi connectivity index (χ0n) is 13.0. The van der Waals surface area contributed by atoms with Crippen molar-refractivity contribution in [2.24, 2.45) is 10.9 Å². The highest BCUT2D eigenvalue weighted by molar-refractivity contribution is 7.80. The fourth-order valence-corrected chi connectivity index (χ4v) is 3.03. The summed E-state index contributed by atoms with van der Waals surface area (Å²) in [4.78, 5) is 18.8. The van der Waals surface area contributed by atoms with Crippen LogP contribution in [-0.2, 0) is 4.79 Å². The third-order valence-corrected chi connectivity index (χ3v) is 4.13. The average Bonchev–Trinajstić information content (AvgIpc) is 2.48. The minimum Gasteiger partial charge on any atom is -0.353 e. The minimum absolute atomic E-state index is 0.0606. The van der Waals surface area contributed by atoms with E-state index in [2.05, 4.69) is 10.3 Å². The molecule has 0 fully saturated rings. The lowest BCUT2D eigenvalue weighted by Crippen LogP contribution is -2.49. The van der Waals surface area contributed by atoms with Gasteiger partial charge in [0.15, 0.2) is 5.11 Å². The topological polar surface area (TPSA) is 44.7 Å². The quantitative estimate of drug-likeness (QED) is 0.867. The third kappa shape index (κ3) is 3.16. The normalized spacial score (nSPS) is 21.1. The van der Waals surface area contributed by atoms with Gasteiger partial charge in [-0.2, -0.15) is 0 Å². The van der Waals surface area contributed by atoms with Crippen LogP contribution < -0.4 is 5.32 Å². The molecule has 6 heteroatoms. The van der Waals surface area contributed by atoms with Gasteiger partial charge in [-0.1, -0.05) is 18.2 Å². The number of carbonyl (C=O) groups is 1. The number of benzene rings is 1. The molecule has 1 aromatic carbocycles. The summed E-state index contributed by atoms with van der Waals surface area (Å²) < 4.78 is 14.2. The second kappa shape index (κ2) is 6.96. The summed E-state index contributed by atoms with van der Waals surface area (Å²) in [5.74, 6) is -0.965. The molecule has 118 valence electrons. The molecule has 0 aromatic heterocycles. The average molecular weight is 321 g/mol. The Morgan fingerprint density at radius 2 is 2.00 bits per heavy atom. The Morgan fingerprint density at radius 1 is 1.36 bits per heavy atom. The maximum Gasteiger partial charge on any atom is 0.233 e. The number of amides is 1. The zero-order valence-corrected chi connectivity index (χ0v) is 13.8. The number of rotatable bonds is 4. The van der Waals surface area contributed by atoms with E-state index in [-0.39, 0.29) is 16.8 Å². The van der Waals surface area contributed by atoms with Crippen LogP contribution in [0, 0.1) is 11.7 Å². The Kier molecular flexibility index (Phi) is 5.24. The molecule has 2 rings (SSSR count). The molecular formula is C16H20FN3OS. The number of thiocarbonyl (C=S) groups is 1. The summed E-state index contributed by atoms with van der Waals surface area (Å²) in [5.41, 5.74) is 1.05. The number of hydrogen-bond acceptors (Lipinski definition) is 2. The van der Waals surface area contributed by atoms with Crippen molar-refractivity contribution in [3.8, 4) is 0 Å². The molecule has 1 heterocycles. The maximum atomic E-state index is 14.2. The lowest BCUT2D eigenvalue weighted by atomic mass is 9.87. The van der Waals surface area contributed by atoms with E-state index in [0.717, 1.165) is 0 Å². The first kappa shape index (κ1) is 16.5. The molecule has 22 heavy (non-hydrogen) atoms. The second-order valence-corrected chi connectivity index (χ2v) is 5.58. The molecule has 0 saturated heterocycles. The summed E-state index contributed by atoms with van der Waals surface area (Å²) in [7, 11) is 0. The number of carbonyl (C=O) groups excluding carboxylic acids is 1. The van der Waals surface area contributed by atoms with Crippen molar-refractivity contribution in [2.75, 3.05) is 13.1 Å². The van der Waals surface area contributed by atoms with Gasteiger partial charge in [0.25, 0.3) is 0 Å². The number of nitrogens with one attached hydrogen (secondary N) is 1. The van der Waals surface area contributed by atoms with Gasteiger partial charge in [-0.3, -0.25) is 4.79 Å². The standard InChI is InChI=1S/C16H20FN3OS/c1-4-20(5-2)15(21)13-10(3)18-16(22)19-14(13)11-8-6-7-9-12(11)17/h6-9,13-14H,4-5H2,1-3H3,(H,19,22). The molecule has 1 aromatic rings. The molecule has 1 amide bonds. The smallest absolute Gasteiger partial charge is 0.233 e. The van der Waals surface area contributed by atoms with Gasteiger partial charge in [0.2, 0.25) is 5.91 Å². The summed E-state index contributed by atoms with van der Waals surface area (Å²) in [5, 5.41) is 3.28. The highest BCUT2D eigenvalue weighted by atomic mass is 32.1. The monoisotopic (exact) mass is 321 g/mol. The highest BCUT2D eigenvalue weighted by Crippen LogP contribution is 2.30. The van der Waals surface area contributed by atoms with E-state index in [1.807, 2.05) is 13.8 Å². The fraction of sp³-hybridized carbons (Fsp3) is 0.438. The first-order chi connectivity index (χ1) is 10.5. The number of nitrogens with zero attached hydrogens (tertiary/aromatic N) is 2. The lowest BCUT2D eigenvalue weighted by molar-refractivity contribution is -0.133.